The molecule has 0 saturated carbocycles. The molecule has 1 saturated heterocycles. The highest BCUT2D eigenvalue weighted by Crippen LogP contribution is 2.18. The second-order valence-electron chi connectivity index (χ2n) is 5.10. The first kappa shape index (κ1) is 12.9. The van der Waals surface area contributed by atoms with Crippen LogP contribution in [0.2, 0.25) is 0 Å². The van der Waals surface area contributed by atoms with E-state index >= 15 is 0 Å². The summed E-state index contributed by atoms with van der Waals surface area (Å²) in [6.07, 6.45) is 1.11. The molecule has 1 aromatic carbocycles. The second-order valence-corrected chi connectivity index (χ2v) is 5.10. The van der Waals surface area contributed by atoms with Crippen LogP contribution in [0.1, 0.15) is 30.6 Å². The van der Waals surface area contributed by atoms with Crippen molar-refractivity contribution in [1.82, 2.24) is 4.90 Å². The molecule has 1 atom stereocenters. The molecule has 4 nitrogen and oxygen atoms in total. The first-order valence-electron chi connectivity index (χ1n) is 6.40. The van der Waals surface area contributed by atoms with Crippen LogP contribution in [0.15, 0.2) is 24.3 Å². The van der Waals surface area contributed by atoms with E-state index in [2.05, 4.69) is 24.1 Å². The number of aromatic carboxylic acids is 1. The number of likely N-dealkylation sites (tertiary alicyclic amines) is 1. The standard InChI is InChI=1S/C14H20N2O2/c1-10(2)16-7-6-13(9-16)15-12-5-3-4-11(8-12)14(17)18/h3-5,8,10,13,15H,6-7,9H2,1-2H3,(H,17,18). The van der Waals surface area contributed by atoms with E-state index in [1.54, 1.807) is 18.2 Å². The molecule has 2 rings (SSSR count). The Bertz CT molecular complexity index is 432. The van der Waals surface area contributed by atoms with Gasteiger partial charge in [-0.2, -0.15) is 0 Å². The minimum atomic E-state index is -0.881. The summed E-state index contributed by atoms with van der Waals surface area (Å²) in [5, 5.41) is 12.4. The van der Waals surface area contributed by atoms with Gasteiger partial charge in [0.1, 0.15) is 0 Å². The molecule has 0 amide bonds. The number of carboxylic acid groups (broad SMARTS) is 1. The number of carbonyl (C=O) groups is 1. The number of nitrogens with one attached hydrogen (secondary N) is 1. The predicted octanol–water partition coefficient (Wildman–Crippen LogP) is 2.28. The Kier molecular flexibility index (Phi) is 3.87. The van der Waals surface area contributed by atoms with Gasteiger partial charge < -0.3 is 10.4 Å². The maximum Gasteiger partial charge on any atom is 0.335 e. The molecule has 0 aromatic heterocycles. The van der Waals surface area contributed by atoms with Gasteiger partial charge in [-0.25, -0.2) is 4.79 Å². The third kappa shape index (κ3) is 3.01. The Morgan fingerprint density at radius 1 is 1.50 bits per heavy atom. The Balaban J connectivity index is 1.98. The van der Waals surface area contributed by atoms with Crippen LogP contribution in [0, 0.1) is 0 Å². The lowest BCUT2D eigenvalue weighted by molar-refractivity contribution is 0.0697. The lowest BCUT2D eigenvalue weighted by atomic mass is 10.2. The highest BCUT2D eigenvalue weighted by molar-refractivity contribution is 5.88. The van der Waals surface area contributed by atoms with Crippen LogP contribution < -0.4 is 5.32 Å². The molecule has 1 heterocycles. The van der Waals surface area contributed by atoms with E-state index in [-0.39, 0.29) is 0 Å². The third-order valence-electron chi connectivity index (χ3n) is 3.43. The molecule has 1 aliphatic rings. The zero-order valence-corrected chi connectivity index (χ0v) is 10.9. The van der Waals surface area contributed by atoms with Crippen LogP contribution >= 0.6 is 0 Å². The number of nitrogens with zero attached hydrogens (tertiary/aromatic N) is 1. The number of hydrogen-bond acceptors (Lipinski definition) is 3. The molecule has 2 N–H and O–H groups in total. The third-order valence-corrected chi connectivity index (χ3v) is 3.43. The van der Waals surface area contributed by atoms with Crippen LogP contribution in [0.4, 0.5) is 5.69 Å². The molecule has 1 fully saturated rings. The molecular formula is C14H20N2O2. The lowest BCUT2D eigenvalue weighted by Gasteiger charge is -2.20. The van der Waals surface area contributed by atoms with Gasteiger partial charge in [-0.05, 0) is 38.5 Å². The van der Waals surface area contributed by atoms with E-state index in [1.165, 1.54) is 0 Å². The molecule has 1 aliphatic heterocycles. The van der Waals surface area contributed by atoms with Gasteiger partial charge >= 0.3 is 5.97 Å². The van der Waals surface area contributed by atoms with Gasteiger partial charge in [0, 0.05) is 30.9 Å². The Morgan fingerprint density at radius 3 is 2.89 bits per heavy atom. The summed E-state index contributed by atoms with van der Waals surface area (Å²) in [5.41, 5.74) is 1.23. The van der Waals surface area contributed by atoms with Gasteiger partial charge in [0.25, 0.3) is 0 Å². The second kappa shape index (κ2) is 5.40. The summed E-state index contributed by atoms with van der Waals surface area (Å²) in [7, 11) is 0. The number of rotatable bonds is 4. The number of benzene rings is 1. The number of anilines is 1. The summed E-state index contributed by atoms with van der Waals surface area (Å²) >= 11 is 0. The fourth-order valence-corrected chi connectivity index (χ4v) is 2.35. The Hall–Kier alpha value is -1.55. The van der Waals surface area contributed by atoms with E-state index in [9.17, 15) is 4.79 Å². The average Bonchev–Trinajstić information content (AvgIpc) is 2.78. The van der Waals surface area contributed by atoms with Crippen molar-refractivity contribution in [2.24, 2.45) is 0 Å². The molecule has 1 unspecified atom stereocenters. The minimum Gasteiger partial charge on any atom is -0.478 e. The normalized spacial score (nSPS) is 20.3. The molecule has 1 aromatic rings. The van der Waals surface area contributed by atoms with Crippen molar-refractivity contribution in [3.63, 3.8) is 0 Å². The molecular weight excluding hydrogens is 228 g/mol. The summed E-state index contributed by atoms with van der Waals surface area (Å²) < 4.78 is 0. The van der Waals surface area contributed by atoms with Gasteiger partial charge in [-0.3, -0.25) is 4.90 Å². The van der Waals surface area contributed by atoms with Gasteiger partial charge in [0.05, 0.1) is 5.56 Å². The number of hydrogen-bond donors (Lipinski definition) is 2. The van der Waals surface area contributed by atoms with Gasteiger partial charge in [-0.1, -0.05) is 6.07 Å². The van der Waals surface area contributed by atoms with E-state index in [4.69, 9.17) is 5.11 Å². The zero-order valence-electron chi connectivity index (χ0n) is 10.9. The largest absolute Gasteiger partial charge is 0.478 e. The molecule has 0 radical (unpaired) electrons. The van der Waals surface area contributed by atoms with Gasteiger partial charge in [0.15, 0.2) is 0 Å². The molecule has 0 bridgehead atoms. The monoisotopic (exact) mass is 248 g/mol. The topological polar surface area (TPSA) is 52.6 Å². The Morgan fingerprint density at radius 2 is 2.28 bits per heavy atom. The SMILES string of the molecule is CC(C)N1CCC(Nc2cccc(C(=O)O)c2)C1. The van der Waals surface area contributed by atoms with Crippen LogP contribution in [0.5, 0.6) is 0 Å². The first-order valence-corrected chi connectivity index (χ1v) is 6.40. The van der Waals surface area contributed by atoms with Gasteiger partial charge in [0.2, 0.25) is 0 Å². The molecule has 0 aliphatic carbocycles. The van der Waals surface area contributed by atoms with Crippen molar-refractivity contribution in [3.05, 3.63) is 29.8 Å². The smallest absolute Gasteiger partial charge is 0.335 e. The fraction of sp³-hybridized carbons (Fsp3) is 0.500. The summed E-state index contributed by atoms with van der Waals surface area (Å²) in [5.74, 6) is -0.881. The van der Waals surface area contributed by atoms with E-state index in [0.717, 1.165) is 25.2 Å². The molecule has 98 valence electrons. The van der Waals surface area contributed by atoms with Gasteiger partial charge in [-0.15, -0.1) is 0 Å². The number of carboxylic acids is 1. The minimum absolute atomic E-state index is 0.332. The summed E-state index contributed by atoms with van der Waals surface area (Å²) in [6, 6.07) is 7.99. The van der Waals surface area contributed by atoms with E-state index in [0.29, 0.717) is 17.6 Å². The van der Waals surface area contributed by atoms with Crippen LogP contribution in [-0.2, 0) is 0 Å². The molecule has 18 heavy (non-hydrogen) atoms. The van der Waals surface area contributed by atoms with Crippen molar-refractivity contribution < 1.29 is 9.90 Å². The fourth-order valence-electron chi connectivity index (χ4n) is 2.35. The first-order chi connectivity index (χ1) is 8.56. The molecule has 4 heteroatoms. The summed E-state index contributed by atoms with van der Waals surface area (Å²) in [4.78, 5) is 13.3. The maximum atomic E-state index is 10.9. The summed E-state index contributed by atoms with van der Waals surface area (Å²) in [6.45, 7) is 6.53. The van der Waals surface area contributed by atoms with E-state index in [1.807, 2.05) is 6.07 Å². The lowest BCUT2D eigenvalue weighted by Crippen LogP contribution is -2.31. The van der Waals surface area contributed by atoms with E-state index < -0.39 is 5.97 Å². The highest BCUT2D eigenvalue weighted by Gasteiger charge is 2.23. The Labute approximate surface area is 108 Å². The van der Waals surface area contributed by atoms with Crippen molar-refractivity contribution in [1.29, 1.82) is 0 Å². The van der Waals surface area contributed by atoms with Crippen molar-refractivity contribution >= 4 is 11.7 Å². The average molecular weight is 248 g/mol. The van der Waals surface area contributed by atoms with Crippen molar-refractivity contribution in [2.45, 2.75) is 32.4 Å². The predicted molar refractivity (Wildman–Crippen MR) is 72.1 cm³/mol. The van der Waals surface area contributed by atoms with Crippen LogP contribution in [0.25, 0.3) is 0 Å². The quantitative estimate of drug-likeness (QED) is 0.858. The molecule has 0 spiro atoms. The van der Waals surface area contributed by atoms with Crippen molar-refractivity contribution in [2.75, 3.05) is 18.4 Å². The highest BCUT2D eigenvalue weighted by atomic mass is 16.4. The van der Waals surface area contributed by atoms with Crippen molar-refractivity contribution in [3.8, 4) is 0 Å². The zero-order chi connectivity index (χ0) is 13.1. The maximum absolute atomic E-state index is 10.9. The van der Waals surface area contributed by atoms with Crippen LogP contribution in [0.3, 0.4) is 0 Å². The van der Waals surface area contributed by atoms with Crippen LogP contribution in [-0.4, -0.2) is 41.1 Å².